The first-order valence-electron chi connectivity index (χ1n) is 5.35. The molecule has 0 radical (unpaired) electrons. The Hall–Kier alpha value is -1.40. The molecule has 0 bridgehead atoms. The van der Waals surface area contributed by atoms with Gasteiger partial charge >= 0.3 is 0 Å². The summed E-state index contributed by atoms with van der Waals surface area (Å²) in [5.74, 6) is 0.0801. The lowest BCUT2D eigenvalue weighted by atomic mass is 10.2. The topological polar surface area (TPSA) is 75.0 Å². The van der Waals surface area contributed by atoms with Gasteiger partial charge in [-0.25, -0.2) is 0 Å². The molecule has 0 spiro atoms. The molecule has 1 aliphatic rings. The van der Waals surface area contributed by atoms with Gasteiger partial charge < -0.3 is 10.6 Å². The number of aromatic amines is 1. The molecular formula is C11H11BrN4O. The van der Waals surface area contributed by atoms with Crippen LogP contribution < -0.4 is 10.6 Å². The molecule has 1 fully saturated rings. The molecule has 5 nitrogen and oxygen atoms in total. The van der Waals surface area contributed by atoms with E-state index in [4.69, 9.17) is 5.73 Å². The molecular weight excluding hydrogens is 284 g/mol. The van der Waals surface area contributed by atoms with Crippen molar-refractivity contribution in [2.24, 2.45) is 5.73 Å². The Labute approximate surface area is 106 Å². The highest BCUT2D eigenvalue weighted by atomic mass is 79.9. The Morgan fingerprint density at radius 2 is 2.35 bits per heavy atom. The van der Waals surface area contributed by atoms with Gasteiger partial charge in [-0.1, -0.05) is 0 Å². The van der Waals surface area contributed by atoms with Crippen LogP contribution in [0.3, 0.4) is 0 Å². The average Bonchev–Trinajstić information content (AvgIpc) is 2.83. The first kappa shape index (κ1) is 10.7. The van der Waals surface area contributed by atoms with Crippen LogP contribution in [0.1, 0.15) is 6.42 Å². The van der Waals surface area contributed by atoms with E-state index in [2.05, 4.69) is 26.1 Å². The van der Waals surface area contributed by atoms with Gasteiger partial charge in [0.05, 0.1) is 5.52 Å². The summed E-state index contributed by atoms with van der Waals surface area (Å²) in [5.41, 5.74) is 7.53. The zero-order chi connectivity index (χ0) is 12.0. The van der Waals surface area contributed by atoms with Crippen LogP contribution >= 0.6 is 15.9 Å². The standard InChI is InChI=1S/C11H11BrN4O/c12-11-8-4-7(1-2-9(8)14-15-11)16-5-6(13)3-10(16)17/h1-2,4,6H,3,5,13H2,(H,14,15). The number of anilines is 1. The number of H-pyrrole nitrogens is 1. The van der Waals surface area contributed by atoms with E-state index < -0.39 is 0 Å². The summed E-state index contributed by atoms with van der Waals surface area (Å²) in [4.78, 5) is 13.5. The zero-order valence-corrected chi connectivity index (χ0v) is 10.6. The maximum Gasteiger partial charge on any atom is 0.228 e. The molecule has 88 valence electrons. The van der Waals surface area contributed by atoms with Gasteiger partial charge in [0.1, 0.15) is 4.60 Å². The third-order valence-corrected chi connectivity index (χ3v) is 3.56. The largest absolute Gasteiger partial charge is 0.326 e. The monoisotopic (exact) mass is 294 g/mol. The summed E-state index contributed by atoms with van der Waals surface area (Å²) in [5, 5.41) is 7.94. The molecule has 1 aromatic heterocycles. The normalized spacial score (nSPS) is 20.5. The number of amides is 1. The Kier molecular flexibility index (Phi) is 2.41. The molecule has 1 aliphatic heterocycles. The van der Waals surface area contributed by atoms with Crippen molar-refractivity contribution in [3.8, 4) is 0 Å². The number of hydrogen-bond acceptors (Lipinski definition) is 3. The van der Waals surface area contributed by atoms with Crippen LogP contribution in [0.4, 0.5) is 5.69 Å². The molecule has 1 unspecified atom stereocenters. The van der Waals surface area contributed by atoms with Crippen molar-refractivity contribution >= 4 is 38.4 Å². The molecule has 17 heavy (non-hydrogen) atoms. The van der Waals surface area contributed by atoms with Gasteiger partial charge in [0.25, 0.3) is 0 Å². The molecule has 2 aromatic rings. The predicted molar refractivity (Wildman–Crippen MR) is 68.7 cm³/mol. The lowest BCUT2D eigenvalue weighted by molar-refractivity contribution is -0.117. The summed E-state index contributed by atoms with van der Waals surface area (Å²) >= 11 is 3.39. The van der Waals surface area contributed by atoms with Crippen LogP contribution in [-0.4, -0.2) is 28.7 Å². The number of nitrogens with one attached hydrogen (secondary N) is 1. The molecule has 1 atom stereocenters. The maximum atomic E-state index is 11.8. The van der Waals surface area contributed by atoms with Crippen molar-refractivity contribution in [2.75, 3.05) is 11.4 Å². The number of halogens is 1. The SMILES string of the molecule is NC1CC(=O)N(c2ccc3n[nH]c(Br)c3c2)C1. The van der Waals surface area contributed by atoms with Crippen LogP contribution in [0.15, 0.2) is 22.8 Å². The highest BCUT2D eigenvalue weighted by Gasteiger charge is 2.28. The molecule has 1 amide bonds. The number of benzene rings is 1. The minimum Gasteiger partial charge on any atom is -0.326 e. The van der Waals surface area contributed by atoms with Crippen molar-refractivity contribution < 1.29 is 4.79 Å². The number of fused-ring (bicyclic) bond motifs is 1. The Balaban J connectivity index is 2.06. The van der Waals surface area contributed by atoms with Gasteiger partial charge in [-0.15, -0.1) is 0 Å². The molecule has 2 heterocycles. The van der Waals surface area contributed by atoms with Crippen molar-refractivity contribution in [3.63, 3.8) is 0 Å². The first-order valence-corrected chi connectivity index (χ1v) is 6.14. The smallest absolute Gasteiger partial charge is 0.228 e. The fourth-order valence-corrected chi connectivity index (χ4v) is 2.53. The third kappa shape index (κ3) is 1.73. The van der Waals surface area contributed by atoms with E-state index in [1.165, 1.54) is 0 Å². The second kappa shape index (κ2) is 3.82. The van der Waals surface area contributed by atoms with Gasteiger partial charge in [0.2, 0.25) is 5.91 Å². The van der Waals surface area contributed by atoms with E-state index in [-0.39, 0.29) is 11.9 Å². The van der Waals surface area contributed by atoms with Crippen molar-refractivity contribution in [3.05, 3.63) is 22.8 Å². The Bertz CT molecular complexity index is 594. The van der Waals surface area contributed by atoms with Crippen LogP contribution in [0.25, 0.3) is 10.9 Å². The van der Waals surface area contributed by atoms with Crippen LogP contribution in [0.5, 0.6) is 0 Å². The van der Waals surface area contributed by atoms with Gasteiger partial charge in [-0.05, 0) is 34.1 Å². The zero-order valence-electron chi connectivity index (χ0n) is 8.98. The number of nitrogens with two attached hydrogens (primary N) is 1. The second-order valence-corrected chi connectivity index (χ2v) is 5.00. The Morgan fingerprint density at radius 3 is 3.06 bits per heavy atom. The number of nitrogens with zero attached hydrogens (tertiary/aromatic N) is 2. The van der Waals surface area contributed by atoms with E-state index in [0.717, 1.165) is 21.2 Å². The van der Waals surface area contributed by atoms with Crippen LogP contribution in [-0.2, 0) is 4.79 Å². The summed E-state index contributed by atoms with van der Waals surface area (Å²) < 4.78 is 0.824. The molecule has 1 aromatic carbocycles. The third-order valence-electron chi connectivity index (χ3n) is 2.96. The van der Waals surface area contributed by atoms with Crippen molar-refractivity contribution in [1.29, 1.82) is 0 Å². The summed E-state index contributed by atoms with van der Waals surface area (Å²) in [6, 6.07) is 5.67. The summed E-state index contributed by atoms with van der Waals surface area (Å²) in [6.07, 6.45) is 0.421. The molecule has 1 saturated heterocycles. The van der Waals surface area contributed by atoms with Crippen LogP contribution in [0.2, 0.25) is 0 Å². The van der Waals surface area contributed by atoms with E-state index >= 15 is 0 Å². The fraction of sp³-hybridized carbons (Fsp3) is 0.273. The average molecular weight is 295 g/mol. The van der Waals surface area contributed by atoms with Gasteiger partial charge in [-0.3, -0.25) is 9.89 Å². The minimum atomic E-state index is -0.0639. The summed E-state index contributed by atoms with van der Waals surface area (Å²) in [7, 11) is 0. The molecule has 3 N–H and O–H groups in total. The maximum absolute atomic E-state index is 11.8. The van der Waals surface area contributed by atoms with Crippen molar-refractivity contribution in [1.82, 2.24) is 10.2 Å². The van der Waals surface area contributed by atoms with Crippen molar-refractivity contribution in [2.45, 2.75) is 12.5 Å². The van der Waals surface area contributed by atoms with E-state index in [1.807, 2.05) is 18.2 Å². The number of hydrogen-bond donors (Lipinski definition) is 2. The second-order valence-electron chi connectivity index (χ2n) is 4.21. The number of rotatable bonds is 1. The quantitative estimate of drug-likeness (QED) is 0.835. The fourth-order valence-electron chi connectivity index (χ4n) is 2.12. The highest BCUT2D eigenvalue weighted by molar-refractivity contribution is 9.10. The van der Waals surface area contributed by atoms with E-state index in [0.29, 0.717) is 13.0 Å². The summed E-state index contributed by atoms with van der Waals surface area (Å²) in [6.45, 7) is 0.583. The Morgan fingerprint density at radius 1 is 1.53 bits per heavy atom. The highest BCUT2D eigenvalue weighted by Crippen LogP contribution is 2.28. The molecule has 6 heteroatoms. The van der Waals surface area contributed by atoms with Gasteiger partial charge in [0.15, 0.2) is 0 Å². The lowest BCUT2D eigenvalue weighted by Crippen LogP contribution is -2.27. The van der Waals surface area contributed by atoms with E-state index in [1.54, 1.807) is 4.90 Å². The first-order chi connectivity index (χ1) is 8.15. The van der Waals surface area contributed by atoms with Gasteiger partial charge in [-0.2, -0.15) is 5.10 Å². The molecule has 3 rings (SSSR count). The molecule has 0 aliphatic carbocycles. The van der Waals surface area contributed by atoms with E-state index in [9.17, 15) is 4.79 Å². The van der Waals surface area contributed by atoms with Gasteiger partial charge in [0, 0.05) is 30.1 Å². The van der Waals surface area contributed by atoms with Crippen LogP contribution in [0, 0.1) is 0 Å². The lowest BCUT2D eigenvalue weighted by Gasteiger charge is -2.15. The number of aromatic nitrogens is 2. The molecule has 0 saturated carbocycles. The number of carbonyl (C=O) groups excluding carboxylic acids is 1. The minimum absolute atomic E-state index is 0.0639. The predicted octanol–water partition coefficient (Wildman–Crippen LogP) is 1.39. The number of carbonyl (C=O) groups is 1.